The Morgan fingerprint density at radius 2 is 1.81 bits per heavy atom. The van der Waals surface area contributed by atoms with Gasteiger partial charge in [-0.2, -0.15) is 0 Å². The number of benzene rings is 2. The minimum absolute atomic E-state index is 0.0671. The van der Waals surface area contributed by atoms with Gasteiger partial charge in [0.25, 0.3) is 0 Å². The van der Waals surface area contributed by atoms with Crippen molar-refractivity contribution in [2.75, 3.05) is 14.2 Å². The summed E-state index contributed by atoms with van der Waals surface area (Å²) in [5.74, 6) is 1.06. The molecular formula is C17H17BrO3. The monoisotopic (exact) mass is 348 g/mol. The van der Waals surface area contributed by atoms with Crippen LogP contribution >= 0.6 is 15.9 Å². The molecule has 2 aromatic rings. The zero-order chi connectivity index (χ0) is 15.6. The van der Waals surface area contributed by atoms with Crippen LogP contribution < -0.4 is 9.47 Å². The molecule has 110 valence electrons. The van der Waals surface area contributed by atoms with Gasteiger partial charge >= 0.3 is 0 Å². The Balaban J connectivity index is 2.60. The van der Waals surface area contributed by atoms with E-state index in [9.17, 15) is 4.79 Å². The van der Waals surface area contributed by atoms with Crippen LogP contribution in [0.15, 0.2) is 34.8 Å². The highest BCUT2D eigenvalue weighted by Crippen LogP contribution is 2.34. The van der Waals surface area contributed by atoms with Gasteiger partial charge in [-0.25, -0.2) is 0 Å². The van der Waals surface area contributed by atoms with Gasteiger partial charge in [-0.3, -0.25) is 4.79 Å². The van der Waals surface area contributed by atoms with Crippen molar-refractivity contribution in [2.45, 2.75) is 13.8 Å². The van der Waals surface area contributed by atoms with E-state index in [-0.39, 0.29) is 5.78 Å². The fourth-order valence-corrected chi connectivity index (χ4v) is 2.79. The molecule has 0 unspecified atom stereocenters. The Morgan fingerprint density at radius 1 is 1.10 bits per heavy atom. The van der Waals surface area contributed by atoms with Crippen LogP contribution in [0.25, 0.3) is 0 Å². The number of methoxy groups -OCH3 is 2. The number of hydrogen-bond acceptors (Lipinski definition) is 3. The fourth-order valence-electron chi connectivity index (χ4n) is 2.19. The number of ether oxygens (including phenoxy) is 2. The van der Waals surface area contributed by atoms with Crippen LogP contribution in [0.5, 0.6) is 11.5 Å². The van der Waals surface area contributed by atoms with Crippen LogP contribution in [0.2, 0.25) is 0 Å². The molecule has 2 rings (SSSR count). The van der Waals surface area contributed by atoms with Crippen LogP contribution in [0.4, 0.5) is 0 Å². The summed E-state index contributed by atoms with van der Waals surface area (Å²) in [6, 6.07) is 9.19. The van der Waals surface area contributed by atoms with Gasteiger partial charge in [0.15, 0.2) is 5.78 Å². The van der Waals surface area contributed by atoms with Crippen LogP contribution in [0.3, 0.4) is 0 Å². The second kappa shape index (κ2) is 6.31. The first-order valence-electron chi connectivity index (χ1n) is 6.52. The van der Waals surface area contributed by atoms with Crippen LogP contribution in [0, 0.1) is 13.8 Å². The maximum Gasteiger partial charge on any atom is 0.198 e. The van der Waals surface area contributed by atoms with Crippen molar-refractivity contribution >= 4 is 21.7 Å². The molecule has 0 aromatic heterocycles. The third-order valence-electron chi connectivity index (χ3n) is 3.56. The quantitative estimate of drug-likeness (QED) is 0.772. The number of halogens is 1. The highest BCUT2D eigenvalue weighted by atomic mass is 79.9. The highest BCUT2D eigenvalue weighted by molar-refractivity contribution is 9.10. The number of carbonyl (C=O) groups is 1. The topological polar surface area (TPSA) is 35.5 Å². The van der Waals surface area contributed by atoms with Crippen LogP contribution in [-0.4, -0.2) is 20.0 Å². The van der Waals surface area contributed by atoms with Crippen LogP contribution in [-0.2, 0) is 0 Å². The normalized spacial score (nSPS) is 10.3. The zero-order valence-electron chi connectivity index (χ0n) is 12.5. The SMILES string of the molecule is COc1cc(Br)c(C(=O)c2cccc(C)c2C)c(OC)c1. The van der Waals surface area contributed by atoms with Crippen molar-refractivity contribution in [1.29, 1.82) is 0 Å². The Labute approximate surface area is 133 Å². The molecular weight excluding hydrogens is 332 g/mol. The standard InChI is InChI=1S/C17H17BrO3/c1-10-6-5-7-13(11(10)2)17(19)16-14(18)8-12(20-3)9-15(16)21-4/h5-9H,1-4H3. The lowest BCUT2D eigenvalue weighted by molar-refractivity contribution is 0.103. The van der Waals surface area contributed by atoms with E-state index in [1.165, 1.54) is 0 Å². The summed E-state index contributed by atoms with van der Waals surface area (Å²) in [6.07, 6.45) is 0. The maximum atomic E-state index is 12.9. The van der Waals surface area contributed by atoms with E-state index in [2.05, 4.69) is 15.9 Å². The average Bonchev–Trinajstić information content (AvgIpc) is 2.48. The zero-order valence-corrected chi connectivity index (χ0v) is 14.1. The molecule has 0 bridgehead atoms. The van der Waals surface area contributed by atoms with E-state index >= 15 is 0 Å². The molecule has 0 amide bonds. The second-order valence-electron chi connectivity index (χ2n) is 4.76. The molecule has 0 aliphatic rings. The van der Waals surface area contributed by atoms with Crippen molar-refractivity contribution in [3.63, 3.8) is 0 Å². The molecule has 0 fully saturated rings. The predicted octanol–water partition coefficient (Wildman–Crippen LogP) is 4.31. The Morgan fingerprint density at radius 3 is 2.43 bits per heavy atom. The smallest absolute Gasteiger partial charge is 0.198 e. The summed E-state index contributed by atoms with van der Waals surface area (Å²) in [4.78, 5) is 12.9. The molecule has 0 heterocycles. The Bertz CT molecular complexity index is 693. The summed E-state index contributed by atoms with van der Waals surface area (Å²) in [6.45, 7) is 3.94. The van der Waals surface area contributed by atoms with E-state index in [4.69, 9.17) is 9.47 Å². The highest BCUT2D eigenvalue weighted by Gasteiger charge is 2.21. The second-order valence-corrected chi connectivity index (χ2v) is 5.62. The molecule has 0 spiro atoms. The van der Waals surface area contributed by atoms with Gasteiger partial charge in [-0.05, 0) is 47.0 Å². The summed E-state index contributed by atoms with van der Waals surface area (Å²) in [5, 5.41) is 0. The number of hydrogen-bond donors (Lipinski definition) is 0. The van der Waals surface area contributed by atoms with Crippen molar-refractivity contribution in [3.8, 4) is 11.5 Å². The summed E-state index contributed by atoms with van der Waals surface area (Å²) < 4.78 is 11.2. The summed E-state index contributed by atoms with van der Waals surface area (Å²) in [7, 11) is 3.12. The number of ketones is 1. The predicted molar refractivity (Wildman–Crippen MR) is 86.6 cm³/mol. The minimum atomic E-state index is -0.0671. The first-order chi connectivity index (χ1) is 9.99. The third-order valence-corrected chi connectivity index (χ3v) is 4.18. The van der Waals surface area contributed by atoms with Crippen molar-refractivity contribution in [2.24, 2.45) is 0 Å². The largest absolute Gasteiger partial charge is 0.497 e. The number of carbonyl (C=O) groups excluding carboxylic acids is 1. The van der Waals surface area contributed by atoms with Crippen LogP contribution in [0.1, 0.15) is 27.0 Å². The molecule has 21 heavy (non-hydrogen) atoms. The van der Waals surface area contributed by atoms with Crippen molar-refractivity contribution < 1.29 is 14.3 Å². The lowest BCUT2D eigenvalue weighted by Crippen LogP contribution is -2.08. The average molecular weight is 349 g/mol. The molecule has 0 aliphatic heterocycles. The Kier molecular flexibility index (Phi) is 4.68. The Hall–Kier alpha value is -1.81. The van der Waals surface area contributed by atoms with Crippen molar-refractivity contribution in [3.05, 3.63) is 57.1 Å². The third kappa shape index (κ3) is 2.95. The minimum Gasteiger partial charge on any atom is -0.497 e. The van der Waals surface area contributed by atoms with Gasteiger partial charge in [0, 0.05) is 16.1 Å². The first kappa shape index (κ1) is 15.6. The van der Waals surface area contributed by atoms with E-state index in [0.29, 0.717) is 27.1 Å². The molecule has 0 N–H and O–H groups in total. The number of aryl methyl sites for hydroxylation is 1. The van der Waals surface area contributed by atoms with Gasteiger partial charge in [0.05, 0.1) is 19.8 Å². The van der Waals surface area contributed by atoms with Crippen molar-refractivity contribution in [1.82, 2.24) is 0 Å². The summed E-state index contributed by atoms with van der Waals surface area (Å²) >= 11 is 3.44. The molecule has 0 atom stereocenters. The summed E-state index contributed by atoms with van der Waals surface area (Å²) in [5.41, 5.74) is 3.25. The van der Waals surface area contributed by atoms with E-state index in [1.807, 2.05) is 32.0 Å². The lowest BCUT2D eigenvalue weighted by Gasteiger charge is -2.14. The lowest BCUT2D eigenvalue weighted by atomic mass is 9.95. The van der Waals surface area contributed by atoms with E-state index in [0.717, 1.165) is 11.1 Å². The van der Waals surface area contributed by atoms with Gasteiger partial charge in [-0.1, -0.05) is 18.2 Å². The van der Waals surface area contributed by atoms with E-state index < -0.39 is 0 Å². The molecule has 4 heteroatoms. The van der Waals surface area contributed by atoms with E-state index in [1.54, 1.807) is 26.4 Å². The van der Waals surface area contributed by atoms with Gasteiger partial charge in [-0.15, -0.1) is 0 Å². The van der Waals surface area contributed by atoms with Gasteiger partial charge in [0.2, 0.25) is 0 Å². The van der Waals surface area contributed by atoms with Gasteiger partial charge in [0.1, 0.15) is 11.5 Å². The molecule has 0 aliphatic carbocycles. The van der Waals surface area contributed by atoms with Gasteiger partial charge < -0.3 is 9.47 Å². The molecule has 3 nitrogen and oxygen atoms in total. The first-order valence-corrected chi connectivity index (χ1v) is 7.31. The molecule has 2 aromatic carbocycles. The maximum absolute atomic E-state index is 12.9. The fraction of sp³-hybridized carbons (Fsp3) is 0.235. The molecule has 0 radical (unpaired) electrons. The number of rotatable bonds is 4. The molecule has 0 saturated carbocycles. The molecule has 0 saturated heterocycles.